The molecule has 0 bridgehead atoms. The molecule has 0 saturated carbocycles. The molecule has 1 aromatic rings. The number of anilines is 1. The molecule has 2 aliphatic rings. The number of hydrogen-bond acceptors (Lipinski definition) is 4. The zero-order valence-electron chi connectivity index (χ0n) is 13.9. The molecule has 7 heteroatoms. The Kier molecular flexibility index (Phi) is 5.10. The average Bonchev–Trinajstić information content (AvgIpc) is 2.62. The summed E-state index contributed by atoms with van der Waals surface area (Å²) in [7, 11) is 0. The van der Waals surface area contributed by atoms with Crippen LogP contribution in [0.4, 0.5) is 5.69 Å². The second kappa shape index (κ2) is 7.44. The maximum atomic E-state index is 12.4. The van der Waals surface area contributed by atoms with Crippen molar-refractivity contribution in [3.63, 3.8) is 0 Å². The number of rotatable bonds is 3. The predicted octanol–water partition coefficient (Wildman–Crippen LogP) is -0.910. The predicted molar refractivity (Wildman–Crippen MR) is 91.9 cm³/mol. The van der Waals surface area contributed by atoms with Crippen molar-refractivity contribution >= 4 is 23.5 Å². The Morgan fingerprint density at radius 3 is 2.71 bits per heavy atom. The number of aliphatic imine (C=N–C) groups is 1. The van der Waals surface area contributed by atoms with Crippen molar-refractivity contribution in [1.29, 1.82) is 0 Å². The van der Waals surface area contributed by atoms with Crippen LogP contribution in [0.5, 0.6) is 0 Å². The zero-order chi connectivity index (χ0) is 16.9. The summed E-state index contributed by atoms with van der Waals surface area (Å²) in [6.07, 6.45) is 0.0857. The highest BCUT2D eigenvalue weighted by atomic mass is 16.2. The molecule has 2 aliphatic heterocycles. The third-order valence-corrected chi connectivity index (χ3v) is 4.52. The Hall–Kier alpha value is -2.41. The molecule has 3 rings (SSSR count). The molecule has 0 radical (unpaired) electrons. The quantitative estimate of drug-likeness (QED) is 0.671. The lowest BCUT2D eigenvalue weighted by molar-refractivity contribution is -0.902. The molecule has 1 saturated heterocycles. The van der Waals surface area contributed by atoms with Gasteiger partial charge in [-0.1, -0.05) is 18.2 Å². The van der Waals surface area contributed by atoms with Gasteiger partial charge in [0.15, 0.2) is 0 Å². The van der Waals surface area contributed by atoms with Crippen LogP contribution in [0.3, 0.4) is 0 Å². The first-order valence-electron chi connectivity index (χ1n) is 8.48. The van der Waals surface area contributed by atoms with Crippen LogP contribution in [0.15, 0.2) is 35.3 Å². The van der Waals surface area contributed by atoms with E-state index in [-0.39, 0.29) is 18.2 Å². The van der Waals surface area contributed by atoms with Crippen molar-refractivity contribution in [2.24, 2.45) is 4.99 Å². The Morgan fingerprint density at radius 1 is 1.33 bits per heavy atom. The summed E-state index contributed by atoms with van der Waals surface area (Å²) in [4.78, 5) is 32.5. The van der Waals surface area contributed by atoms with E-state index in [0.29, 0.717) is 11.6 Å². The Balaban J connectivity index is 1.67. The van der Waals surface area contributed by atoms with Crippen LogP contribution < -0.4 is 15.5 Å². The fraction of sp³-hybridized carbons (Fsp3) is 0.471. The fourth-order valence-corrected chi connectivity index (χ4v) is 3.02. The molecule has 128 valence electrons. The van der Waals surface area contributed by atoms with Crippen LogP contribution in [0.25, 0.3) is 0 Å². The van der Waals surface area contributed by atoms with Gasteiger partial charge in [0.05, 0.1) is 39.1 Å². The molecular formula is C17H24N5O2+. The molecule has 1 atom stereocenters. The van der Waals surface area contributed by atoms with Gasteiger partial charge < -0.3 is 15.1 Å². The number of benzene rings is 1. The summed E-state index contributed by atoms with van der Waals surface area (Å²) in [6.45, 7) is 7.01. The molecule has 1 fully saturated rings. The third-order valence-electron chi connectivity index (χ3n) is 4.52. The first-order chi connectivity index (χ1) is 11.7. The second-order valence-corrected chi connectivity index (χ2v) is 6.17. The minimum Gasteiger partial charge on any atom is -0.332 e. The minimum atomic E-state index is -0.675. The smallest absolute Gasteiger partial charge is 0.249 e. The maximum absolute atomic E-state index is 12.4. The highest BCUT2D eigenvalue weighted by Gasteiger charge is 2.31. The molecule has 2 heterocycles. The number of carbonyl (C=O) groups excluding carboxylic acids is 2. The summed E-state index contributed by atoms with van der Waals surface area (Å²) in [5.41, 5.74) is 0.713. The second-order valence-electron chi connectivity index (χ2n) is 6.17. The third kappa shape index (κ3) is 3.91. The number of likely N-dealkylation sites (N-methyl/N-ethyl adjacent to an activating group) is 1. The van der Waals surface area contributed by atoms with Crippen LogP contribution in [0.1, 0.15) is 13.3 Å². The number of hydrogen-bond donors (Lipinski definition) is 3. The van der Waals surface area contributed by atoms with Gasteiger partial charge in [-0.05, 0) is 19.1 Å². The van der Waals surface area contributed by atoms with E-state index in [9.17, 15) is 9.59 Å². The van der Waals surface area contributed by atoms with Gasteiger partial charge in [-0.2, -0.15) is 0 Å². The largest absolute Gasteiger partial charge is 0.332 e. The summed E-state index contributed by atoms with van der Waals surface area (Å²) in [5.74, 6) is 0.138. The number of amides is 2. The number of carbonyl (C=O) groups is 2. The molecule has 0 aliphatic carbocycles. The van der Waals surface area contributed by atoms with Crippen LogP contribution in [0.2, 0.25) is 0 Å². The van der Waals surface area contributed by atoms with E-state index >= 15 is 0 Å². The van der Waals surface area contributed by atoms with E-state index in [1.807, 2.05) is 30.3 Å². The van der Waals surface area contributed by atoms with Crippen molar-refractivity contribution in [1.82, 2.24) is 10.2 Å². The lowest BCUT2D eigenvalue weighted by atomic mass is 10.1. The van der Waals surface area contributed by atoms with Crippen molar-refractivity contribution in [3.05, 3.63) is 30.3 Å². The number of nitrogens with one attached hydrogen (secondary N) is 3. The average molecular weight is 330 g/mol. The highest BCUT2D eigenvalue weighted by molar-refractivity contribution is 6.05. The summed E-state index contributed by atoms with van der Waals surface area (Å²) >= 11 is 0. The topological polar surface area (TPSA) is 78.2 Å². The molecule has 24 heavy (non-hydrogen) atoms. The van der Waals surface area contributed by atoms with Gasteiger partial charge in [-0.15, -0.1) is 0 Å². The van der Waals surface area contributed by atoms with E-state index in [2.05, 4.69) is 27.4 Å². The van der Waals surface area contributed by atoms with Crippen LogP contribution in [-0.4, -0.2) is 61.4 Å². The van der Waals surface area contributed by atoms with E-state index in [1.54, 1.807) is 4.90 Å². The van der Waals surface area contributed by atoms with Gasteiger partial charge in [0.25, 0.3) is 0 Å². The van der Waals surface area contributed by atoms with Gasteiger partial charge >= 0.3 is 0 Å². The Bertz CT molecular complexity index is 623. The molecule has 7 nitrogen and oxygen atoms in total. The zero-order valence-corrected chi connectivity index (χ0v) is 13.9. The van der Waals surface area contributed by atoms with Gasteiger partial charge in [-0.3, -0.25) is 14.9 Å². The first kappa shape index (κ1) is 16.4. The van der Waals surface area contributed by atoms with Crippen LogP contribution >= 0.6 is 0 Å². The molecule has 3 N–H and O–H groups in total. The normalized spacial score (nSPS) is 21.9. The summed E-state index contributed by atoms with van der Waals surface area (Å²) < 4.78 is 0. The van der Waals surface area contributed by atoms with Crippen molar-refractivity contribution in [2.45, 2.75) is 19.4 Å². The van der Waals surface area contributed by atoms with Gasteiger partial charge in [0.2, 0.25) is 17.8 Å². The van der Waals surface area contributed by atoms with Gasteiger partial charge in [0.1, 0.15) is 6.04 Å². The van der Waals surface area contributed by atoms with E-state index in [1.165, 1.54) is 0 Å². The molecular weight excluding hydrogens is 306 g/mol. The highest BCUT2D eigenvalue weighted by Crippen LogP contribution is 2.11. The molecule has 1 aromatic carbocycles. The number of para-hydroxylation sites is 1. The van der Waals surface area contributed by atoms with Crippen molar-refractivity contribution in [2.75, 3.05) is 38.0 Å². The lowest BCUT2D eigenvalue weighted by Crippen LogP contribution is -3.14. The fourth-order valence-electron chi connectivity index (χ4n) is 3.02. The van der Waals surface area contributed by atoms with E-state index in [0.717, 1.165) is 32.7 Å². The van der Waals surface area contributed by atoms with Crippen LogP contribution in [0, 0.1) is 0 Å². The number of piperazine rings is 1. The maximum Gasteiger partial charge on any atom is 0.249 e. The SMILES string of the molecule is CC[NH+]1CCN(C2=N[C@H](C(=O)Nc3ccccc3)CC(=O)N2)CC1. The Morgan fingerprint density at radius 2 is 2.04 bits per heavy atom. The number of quaternary nitrogens is 1. The molecule has 0 spiro atoms. The summed E-state index contributed by atoms with van der Waals surface area (Å²) in [6, 6.07) is 8.56. The lowest BCUT2D eigenvalue weighted by Gasteiger charge is -2.35. The van der Waals surface area contributed by atoms with Crippen molar-refractivity contribution in [3.8, 4) is 0 Å². The van der Waals surface area contributed by atoms with E-state index in [4.69, 9.17) is 0 Å². The molecule has 2 amide bonds. The number of nitrogens with zero attached hydrogens (tertiary/aromatic N) is 2. The van der Waals surface area contributed by atoms with E-state index < -0.39 is 6.04 Å². The van der Waals surface area contributed by atoms with Crippen molar-refractivity contribution < 1.29 is 14.5 Å². The molecule has 0 aromatic heterocycles. The summed E-state index contributed by atoms with van der Waals surface area (Å²) in [5, 5.41) is 5.64. The number of guanidine groups is 1. The molecule has 0 unspecified atom stereocenters. The standard InChI is InChI=1S/C17H23N5O2/c1-2-21-8-10-22(11-9-21)17-19-14(12-15(23)20-17)16(24)18-13-6-4-3-5-7-13/h3-7,14H,2,8-12H2,1H3,(H,18,24)(H,19,20,23)/p+1/t14-/m0/s1. The first-order valence-corrected chi connectivity index (χ1v) is 8.48. The van der Waals surface area contributed by atoms with Crippen LogP contribution in [-0.2, 0) is 9.59 Å². The Labute approximate surface area is 141 Å². The van der Waals surface area contributed by atoms with Gasteiger partial charge in [-0.25, -0.2) is 4.99 Å². The monoisotopic (exact) mass is 330 g/mol. The van der Waals surface area contributed by atoms with Gasteiger partial charge in [0, 0.05) is 5.69 Å². The minimum absolute atomic E-state index is 0.0857.